The molecule has 1 aliphatic carbocycles. The molecule has 1 fully saturated rings. The molecule has 1 atom stereocenters. The van der Waals surface area contributed by atoms with Gasteiger partial charge in [0, 0.05) is 23.7 Å². The third-order valence-corrected chi connectivity index (χ3v) is 4.36. The van der Waals surface area contributed by atoms with Crippen molar-refractivity contribution in [2.24, 2.45) is 11.8 Å². The summed E-state index contributed by atoms with van der Waals surface area (Å²) in [6.07, 6.45) is 5.19. The molecule has 1 aliphatic rings. The molecule has 24 heavy (non-hydrogen) atoms. The standard InChI is InChI=1S/C18H24N2O4/c1-12(18(23)24)11-19-16(21)14-8-5-9-15(10-14)20-17(22)13-6-3-2-4-7-13/h5,8-10,12-13H,2-4,6-7,11H2,1H3,(H,19,21)(H,20,22)(H,23,24). The second-order valence-electron chi connectivity index (χ2n) is 6.35. The molecule has 130 valence electrons. The SMILES string of the molecule is CC(CNC(=O)c1cccc(NC(=O)C2CCCCC2)c1)C(=O)O. The Morgan fingerprint density at radius 2 is 1.92 bits per heavy atom. The average molecular weight is 332 g/mol. The van der Waals surface area contributed by atoms with Crippen LogP contribution >= 0.6 is 0 Å². The molecule has 0 spiro atoms. The highest BCUT2D eigenvalue weighted by molar-refractivity contribution is 5.97. The number of carboxylic acid groups (broad SMARTS) is 1. The van der Waals surface area contributed by atoms with Crippen molar-refractivity contribution in [2.45, 2.75) is 39.0 Å². The van der Waals surface area contributed by atoms with Crippen molar-refractivity contribution in [3.8, 4) is 0 Å². The van der Waals surface area contributed by atoms with Crippen LogP contribution in [0.4, 0.5) is 5.69 Å². The minimum absolute atomic E-state index is 0.00626. The lowest BCUT2D eigenvalue weighted by atomic mass is 9.88. The van der Waals surface area contributed by atoms with E-state index < -0.39 is 11.9 Å². The van der Waals surface area contributed by atoms with Gasteiger partial charge in [-0.25, -0.2) is 0 Å². The molecule has 6 heteroatoms. The Balaban J connectivity index is 1.94. The average Bonchev–Trinajstić information content (AvgIpc) is 2.60. The summed E-state index contributed by atoms with van der Waals surface area (Å²) in [7, 11) is 0. The zero-order valence-corrected chi connectivity index (χ0v) is 13.9. The first kappa shape index (κ1) is 18.0. The summed E-state index contributed by atoms with van der Waals surface area (Å²) in [4.78, 5) is 35.1. The number of nitrogens with one attached hydrogen (secondary N) is 2. The Morgan fingerprint density at radius 3 is 2.58 bits per heavy atom. The summed E-state index contributed by atoms with van der Waals surface area (Å²) >= 11 is 0. The zero-order valence-electron chi connectivity index (χ0n) is 13.9. The van der Waals surface area contributed by atoms with Crippen LogP contribution in [0.5, 0.6) is 0 Å². The molecule has 0 radical (unpaired) electrons. The van der Waals surface area contributed by atoms with E-state index in [9.17, 15) is 14.4 Å². The van der Waals surface area contributed by atoms with Crippen LogP contribution in [0, 0.1) is 11.8 Å². The van der Waals surface area contributed by atoms with Crippen LogP contribution in [-0.4, -0.2) is 29.4 Å². The number of carbonyl (C=O) groups excluding carboxylic acids is 2. The summed E-state index contributed by atoms with van der Waals surface area (Å²) in [5.41, 5.74) is 0.985. The first-order valence-electron chi connectivity index (χ1n) is 8.39. The maximum absolute atomic E-state index is 12.3. The van der Waals surface area contributed by atoms with E-state index >= 15 is 0 Å². The maximum atomic E-state index is 12.3. The predicted octanol–water partition coefficient (Wildman–Crippen LogP) is 2.66. The molecule has 0 aliphatic heterocycles. The maximum Gasteiger partial charge on any atom is 0.308 e. The fourth-order valence-electron chi connectivity index (χ4n) is 2.78. The molecule has 2 rings (SSSR count). The van der Waals surface area contributed by atoms with E-state index in [0.29, 0.717) is 11.3 Å². The molecule has 0 heterocycles. The highest BCUT2D eigenvalue weighted by atomic mass is 16.4. The fourth-order valence-corrected chi connectivity index (χ4v) is 2.78. The van der Waals surface area contributed by atoms with Crippen molar-refractivity contribution in [3.63, 3.8) is 0 Å². The van der Waals surface area contributed by atoms with Crippen LogP contribution in [0.3, 0.4) is 0 Å². The number of benzene rings is 1. The summed E-state index contributed by atoms with van der Waals surface area (Å²) < 4.78 is 0. The van der Waals surface area contributed by atoms with E-state index in [1.54, 1.807) is 24.3 Å². The number of rotatable bonds is 6. The van der Waals surface area contributed by atoms with E-state index in [1.165, 1.54) is 13.3 Å². The lowest BCUT2D eigenvalue weighted by Gasteiger charge is -2.20. The summed E-state index contributed by atoms with van der Waals surface area (Å²) in [5.74, 6) is -1.90. The van der Waals surface area contributed by atoms with Gasteiger partial charge in [0.05, 0.1) is 5.92 Å². The van der Waals surface area contributed by atoms with Crippen LogP contribution < -0.4 is 10.6 Å². The van der Waals surface area contributed by atoms with Gasteiger partial charge in [0.25, 0.3) is 5.91 Å². The normalized spacial score (nSPS) is 16.2. The van der Waals surface area contributed by atoms with Gasteiger partial charge in [-0.2, -0.15) is 0 Å². The molecule has 2 amide bonds. The molecule has 1 saturated carbocycles. The predicted molar refractivity (Wildman–Crippen MR) is 90.8 cm³/mol. The minimum Gasteiger partial charge on any atom is -0.481 e. The Kier molecular flexibility index (Phi) is 6.35. The number of anilines is 1. The van der Waals surface area contributed by atoms with Gasteiger partial charge in [0.1, 0.15) is 0 Å². The quantitative estimate of drug-likeness (QED) is 0.746. The largest absolute Gasteiger partial charge is 0.481 e. The third kappa shape index (κ3) is 5.08. The molecule has 0 saturated heterocycles. The summed E-state index contributed by atoms with van der Waals surface area (Å²) in [6, 6.07) is 6.70. The van der Waals surface area contributed by atoms with Crippen LogP contribution in [0.2, 0.25) is 0 Å². The van der Waals surface area contributed by atoms with E-state index in [4.69, 9.17) is 5.11 Å². The Labute approximate surface area is 141 Å². The lowest BCUT2D eigenvalue weighted by Crippen LogP contribution is -2.31. The molecular formula is C18H24N2O4. The van der Waals surface area contributed by atoms with Crippen molar-refractivity contribution < 1.29 is 19.5 Å². The molecule has 1 aromatic carbocycles. The number of carboxylic acids is 1. The van der Waals surface area contributed by atoms with Crippen molar-refractivity contribution >= 4 is 23.5 Å². The highest BCUT2D eigenvalue weighted by Gasteiger charge is 2.21. The fraction of sp³-hybridized carbons (Fsp3) is 0.500. The number of hydrogen-bond donors (Lipinski definition) is 3. The molecule has 1 aromatic rings. The first-order chi connectivity index (χ1) is 11.5. The molecule has 6 nitrogen and oxygen atoms in total. The highest BCUT2D eigenvalue weighted by Crippen LogP contribution is 2.25. The van der Waals surface area contributed by atoms with E-state index in [1.807, 2.05) is 0 Å². The Bertz CT molecular complexity index is 609. The van der Waals surface area contributed by atoms with E-state index in [2.05, 4.69) is 10.6 Å². The van der Waals surface area contributed by atoms with Gasteiger partial charge in [-0.1, -0.05) is 32.3 Å². The van der Waals surface area contributed by atoms with Gasteiger partial charge in [0.2, 0.25) is 5.91 Å². The molecule has 1 unspecified atom stereocenters. The van der Waals surface area contributed by atoms with Crippen molar-refractivity contribution in [3.05, 3.63) is 29.8 Å². The van der Waals surface area contributed by atoms with Crippen LogP contribution in [0.15, 0.2) is 24.3 Å². The van der Waals surface area contributed by atoms with Crippen molar-refractivity contribution in [1.29, 1.82) is 0 Å². The van der Waals surface area contributed by atoms with Crippen LogP contribution in [0.1, 0.15) is 49.4 Å². The summed E-state index contributed by atoms with van der Waals surface area (Å²) in [5, 5.41) is 14.3. The zero-order chi connectivity index (χ0) is 17.5. The second kappa shape index (κ2) is 8.47. The topological polar surface area (TPSA) is 95.5 Å². The van der Waals surface area contributed by atoms with Gasteiger partial charge in [-0.15, -0.1) is 0 Å². The third-order valence-electron chi connectivity index (χ3n) is 4.36. The Morgan fingerprint density at radius 1 is 1.21 bits per heavy atom. The van der Waals surface area contributed by atoms with Gasteiger partial charge >= 0.3 is 5.97 Å². The molecule has 0 bridgehead atoms. The van der Waals surface area contributed by atoms with Crippen molar-refractivity contribution in [2.75, 3.05) is 11.9 Å². The second-order valence-corrected chi connectivity index (χ2v) is 6.35. The van der Waals surface area contributed by atoms with Gasteiger partial charge in [-0.3, -0.25) is 14.4 Å². The molecule has 0 aromatic heterocycles. The summed E-state index contributed by atoms with van der Waals surface area (Å²) in [6.45, 7) is 1.59. The van der Waals surface area contributed by atoms with E-state index in [0.717, 1.165) is 25.7 Å². The lowest BCUT2D eigenvalue weighted by molar-refractivity contribution is -0.140. The Hall–Kier alpha value is -2.37. The van der Waals surface area contributed by atoms with Gasteiger partial charge in [-0.05, 0) is 31.0 Å². The van der Waals surface area contributed by atoms with Crippen molar-refractivity contribution in [1.82, 2.24) is 5.32 Å². The molecular weight excluding hydrogens is 308 g/mol. The first-order valence-corrected chi connectivity index (χ1v) is 8.39. The van der Waals surface area contributed by atoms with E-state index in [-0.39, 0.29) is 24.3 Å². The number of hydrogen-bond acceptors (Lipinski definition) is 3. The number of amides is 2. The number of carbonyl (C=O) groups is 3. The molecule has 3 N–H and O–H groups in total. The van der Waals surface area contributed by atoms with Crippen LogP contribution in [-0.2, 0) is 9.59 Å². The van der Waals surface area contributed by atoms with Crippen LogP contribution in [0.25, 0.3) is 0 Å². The smallest absolute Gasteiger partial charge is 0.308 e. The number of aliphatic carboxylic acids is 1. The monoisotopic (exact) mass is 332 g/mol. The minimum atomic E-state index is -0.955. The van der Waals surface area contributed by atoms with Gasteiger partial charge < -0.3 is 15.7 Å². The van der Waals surface area contributed by atoms with Gasteiger partial charge in [0.15, 0.2) is 0 Å².